The highest BCUT2D eigenvalue weighted by Gasteiger charge is 2.31. The van der Waals surface area contributed by atoms with E-state index >= 15 is 0 Å². The van der Waals surface area contributed by atoms with E-state index in [0.29, 0.717) is 5.92 Å². The number of benzene rings is 1. The first-order valence-electron chi connectivity index (χ1n) is 10.7. The summed E-state index contributed by atoms with van der Waals surface area (Å²) in [6.07, 6.45) is 18.9. The molecule has 0 heterocycles. The van der Waals surface area contributed by atoms with Crippen LogP contribution < -0.4 is 0 Å². The summed E-state index contributed by atoms with van der Waals surface area (Å²) in [6.45, 7) is 2.10. The van der Waals surface area contributed by atoms with Gasteiger partial charge in [-0.1, -0.05) is 37.5 Å². The van der Waals surface area contributed by atoms with Crippen LogP contribution in [0, 0.1) is 29.4 Å². The van der Waals surface area contributed by atoms with E-state index in [4.69, 9.17) is 0 Å². The Kier molecular flexibility index (Phi) is 7.28. The predicted octanol–water partition coefficient (Wildman–Crippen LogP) is 7.79. The molecule has 0 amide bonds. The van der Waals surface area contributed by atoms with Gasteiger partial charge in [-0.3, -0.25) is 0 Å². The SMILES string of the molecule is C/C=C\CCCC1CCC(C2CCC(c3ccc(F)c(F)c3)CC2)CC1. The number of unbranched alkanes of at least 4 members (excludes halogenated alkanes) is 1. The molecule has 2 aliphatic rings. The number of rotatable bonds is 6. The molecule has 2 aliphatic carbocycles. The molecule has 0 bridgehead atoms. The largest absolute Gasteiger partial charge is 0.204 e. The summed E-state index contributed by atoms with van der Waals surface area (Å²) < 4.78 is 26.6. The first-order valence-corrected chi connectivity index (χ1v) is 10.7. The van der Waals surface area contributed by atoms with Crippen molar-refractivity contribution < 1.29 is 8.78 Å². The second-order valence-electron chi connectivity index (χ2n) is 8.57. The number of allylic oxidation sites excluding steroid dienone is 2. The van der Waals surface area contributed by atoms with E-state index in [1.54, 1.807) is 6.07 Å². The lowest BCUT2D eigenvalue weighted by Crippen LogP contribution is -2.25. The Labute approximate surface area is 158 Å². The normalized spacial score (nSPS) is 30.0. The molecule has 3 rings (SSSR count). The third-order valence-corrected chi connectivity index (χ3v) is 6.96. The van der Waals surface area contributed by atoms with Crippen molar-refractivity contribution in [2.45, 2.75) is 83.5 Å². The van der Waals surface area contributed by atoms with Gasteiger partial charge in [0.15, 0.2) is 11.6 Å². The van der Waals surface area contributed by atoms with Crippen LogP contribution in [0.3, 0.4) is 0 Å². The highest BCUT2D eigenvalue weighted by Crippen LogP contribution is 2.44. The van der Waals surface area contributed by atoms with Crippen molar-refractivity contribution >= 4 is 0 Å². The van der Waals surface area contributed by atoms with E-state index in [1.807, 2.05) is 0 Å². The fourth-order valence-corrected chi connectivity index (χ4v) is 5.33. The fraction of sp³-hybridized carbons (Fsp3) is 0.667. The zero-order valence-electron chi connectivity index (χ0n) is 16.2. The first kappa shape index (κ1) is 19.6. The lowest BCUT2D eigenvalue weighted by Gasteiger charge is -2.38. The summed E-state index contributed by atoms with van der Waals surface area (Å²) in [5.74, 6) is 1.72. The van der Waals surface area contributed by atoms with Crippen molar-refractivity contribution in [2.75, 3.05) is 0 Å². The van der Waals surface area contributed by atoms with Gasteiger partial charge in [0.05, 0.1) is 0 Å². The molecule has 2 saturated carbocycles. The topological polar surface area (TPSA) is 0 Å². The van der Waals surface area contributed by atoms with Crippen LogP contribution in [0.4, 0.5) is 8.78 Å². The van der Waals surface area contributed by atoms with Crippen LogP contribution in [0.1, 0.15) is 89.0 Å². The fourth-order valence-electron chi connectivity index (χ4n) is 5.33. The smallest absolute Gasteiger partial charge is 0.159 e. The van der Waals surface area contributed by atoms with Crippen molar-refractivity contribution in [2.24, 2.45) is 17.8 Å². The maximum atomic E-state index is 13.5. The Morgan fingerprint density at radius 1 is 0.885 bits per heavy atom. The molecule has 0 saturated heterocycles. The van der Waals surface area contributed by atoms with E-state index in [0.717, 1.165) is 36.2 Å². The van der Waals surface area contributed by atoms with E-state index < -0.39 is 11.6 Å². The van der Waals surface area contributed by atoms with Crippen LogP contribution in [0.15, 0.2) is 30.4 Å². The number of halogens is 2. The predicted molar refractivity (Wildman–Crippen MR) is 105 cm³/mol. The van der Waals surface area contributed by atoms with E-state index in [2.05, 4.69) is 19.1 Å². The number of hydrogen-bond acceptors (Lipinski definition) is 0. The van der Waals surface area contributed by atoms with Crippen LogP contribution in [0.5, 0.6) is 0 Å². The third kappa shape index (κ3) is 5.18. The van der Waals surface area contributed by atoms with Gasteiger partial charge in [0.2, 0.25) is 0 Å². The lowest BCUT2D eigenvalue weighted by molar-refractivity contribution is 0.156. The molecule has 1 aromatic carbocycles. The first-order chi connectivity index (χ1) is 12.7. The summed E-state index contributed by atoms with van der Waals surface area (Å²) in [5.41, 5.74) is 0.993. The van der Waals surface area contributed by atoms with Crippen LogP contribution in [0.2, 0.25) is 0 Å². The van der Waals surface area contributed by atoms with Gasteiger partial charge in [0, 0.05) is 0 Å². The molecule has 26 heavy (non-hydrogen) atoms. The van der Waals surface area contributed by atoms with Crippen LogP contribution >= 0.6 is 0 Å². The quantitative estimate of drug-likeness (QED) is 0.359. The minimum atomic E-state index is -0.732. The van der Waals surface area contributed by atoms with Gasteiger partial charge in [-0.25, -0.2) is 8.78 Å². The summed E-state index contributed by atoms with van der Waals surface area (Å²) in [6, 6.07) is 4.48. The Morgan fingerprint density at radius 2 is 1.54 bits per heavy atom. The van der Waals surface area contributed by atoms with Crippen LogP contribution in [-0.2, 0) is 0 Å². The second-order valence-corrected chi connectivity index (χ2v) is 8.57. The highest BCUT2D eigenvalue weighted by molar-refractivity contribution is 5.22. The standard InChI is InChI=1S/C24H34F2/c1-2-3-4-5-6-18-7-9-19(10-8-18)20-11-13-21(14-12-20)22-15-16-23(25)24(26)17-22/h2-3,15-21H,4-14H2,1H3/b3-2-. The Bertz CT molecular complexity index is 576. The van der Waals surface area contributed by atoms with Gasteiger partial charge in [-0.2, -0.15) is 0 Å². The van der Waals surface area contributed by atoms with Gasteiger partial charge in [-0.15, -0.1) is 0 Å². The van der Waals surface area contributed by atoms with Crippen LogP contribution in [0.25, 0.3) is 0 Å². The van der Waals surface area contributed by atoms with Gasteiger partial charge in [0.25, 0.3) is 0 Å². The van der Waals surface area contributed by atoms with Crippen molar-refractivity contribution in [3.63, 3.8) is 0 Å². The molecule has 1 aromatic rings. The molecular formula is C24H34F2. The van der Waals surface area contributed by atoms with E-state index in [-0.39, 0.29) is 0 Å². The van der Waals surface area contributed by atoms with Crippen molar-refractivity contribution in [3.8, 4) is 0 Å². The monoisotopic (exact) mass is 360 g/mol. The zero-order chi connectivity index (χ0) is 18.4. The second kappa shape index (κ2) is 9.67. The molecule has 144 valence electrons. The average Bonchev–Trinajstić information content (AvgIpc) is 2.68. The Balaban J connectivity index is 1.41. The molecule has 0 aromatic heterocycles. The lowest BCUT2D eigenvalue weighted by atomic mass is 9.68. The summed E-state index contributed by atoms with van der Waals surface area (Å²) in [4.78, 5) is 0. The number of hydrogen-bond donors (Lipinski definition) is 0. The van der Waals surface area contributed by atoms with E-state index in [1.165, 1.54) is 69.9 Å². The molecule has 0 spiro atoms. The van der Waals surface area contributed by atoms with Crippen molar-refractivity contribution in [1.29, 1.82) is 0 Å². The van der Waals surface area contributed by atoms with Crippen LogP contribution in [-0.4, -0.2) is 0 Å². The molecule has 0 atom stereocenters. The van der Waals surface area contributed by atoms with Crippen molar-refractivity contribution in [1.82, 2.24) is 0 Å². The van der Waals surface area contributed by atoms with Gasteiger partial charge >= 0.3 is 0 Å². The Hall–Kier alpha value is -1.18. The Morgan fingerprint density at radius 3 is 2.15 bits per heavy atom. The van der Waals surface area contributed by atoms with E-state index in [9.17, 15) is 8.78 Å². The molecule has 0 unspecified atom stereocenters. The molecular weight excluding hydrogens is 326 g/mol. The van der Waals surface area contributed by atoms with Gasteiger partial charge in [-0.05, 0) is 99.7 Å². The minimum Gasteiger partial charge on any atom is -0.204 e. The van der Waals surface area contributed by atoms with Gasteiger partial charge < -0.3 is 0 Å². The summed E-state index contributed by atoms with van der Waals surface area (Å²) in [5, 5.41) is 0. The van der Waals surface area contributed by atoms with Crippen molar-refractivity contribution in [3.05, 3.63) is 47.5 Å². The molecule has 2 fully saturated rings. The highest BCUT2D eigenvalue weighted by atomic mass is 19.2. The maximum Gasteiger partial charge on any atom is 0.159 e. The average molecular weight is 361 g/mol. The minimum absolute atomic E-state index is 0.421. The summed E-state index contributed by atoms with van der Waals surface area (Å²) >= 11 is 0. The molecule has 0 nitrogen and oxygen atoms in total. The molecule has 0 N–H and O–H groups in total. The van der Waals surface area contributed by atoms with Gasteiger partial charge in [0.1, 0.15) is 0 Å². The molecule has 0 radical (unpaired) electrons. The molecule has 2 heteroatoms. The maximum absolute atomic E-state index is 13.5. The zero-order valence-corrected chi connectivity index (χ0v) is 16.2. The third-order valence-electron chi connectivity index (χ3n) is 6.96. The molecule has 0 aliphatic heterocycles. The summed E-state index contributed by atoms with van der Waals surface area (Å²) in [7, 11) is 0.